The molecule has 5 rings (SSSR count). The number of benzene rings is 2. The zero-order chi connectivity index (χ0) is 23.5. The number of aromatic nitrogens is 4. The van der Waals surface area contributed by atoms with Crippen molar-refractivity contribution in [3.8, 4) is 11.1 Å². The number of fused-ring (bicyclic) bond motifs is 1. The van der Waals surface area contributed by atoms with Crippen LogP contribution in [0.2, 0.25) is 0 Å². The van der Waals surface area contributed by atoms with Crippen LogP contribution in [0.5, 0.6) is 0 Å². The summed E-state index contributed by atoms with van der Waals surface area (Å²) < 4.78 is 15.2. The van der Waals surface area contributed by atoms with Crippen molar-refractivity contribution < 1.29 is 4.55 Å². The van der Waals surface area contributed by atoms with Gasteiger partial charge in [-0.15, -0.1) is 4.98 Å². The molecule has 34 heavy (non-hydrogen) atoms. The third-order valence-electron chi connectivity index (χ3n) is 6.30. The van der Waals surface area contributed by atoms with Crippen molar-refractivity contribution in [3.63, 3.8) is 0 Å². The first-order valence-electron chi connectivity index (χ1n) is 11.9. The van der Waals surface area contributed by atoms with Crippen LogP contribution in [0, 0.1) is 0 Å². The average Bonchev–Trinajstić information content (AvgIpc) is 3.33. The summed E-state index contributed by atoms with van der Waals surface area (Å²) in [6, 6.07) is 18.7. The van der Waals surface area contributed by atoms with Crippen LogP contribution in [-0.2, 0) is 17.7 Å². The van der Waals surface area contributed by atoms with Gasteiger partial charge in [0.2, 0.25) is 5.95 Å². The Morgan fingerprint density at radius 2 is 1.79 bits per heavy atom. The van der Waals surface area contributed by atoms with Crippen molar-refractivity contribution in [3.05, 3.63) is 71.9 Å². The fraction of sp³-hybridized carbons (Fsp3) is 0.346. The predicted molar refractivity (Wildman–Crippen MR) is 136 cm³/mol. The predicted octanol–water partition coefficient (Wildman–Crippen LogP) is 4.39. The van der Waals surface area contributed by atoms with Gasteiger partial charge in [-0.1, -0.05) is 68.4 Å². The third-order valence-corrected chi connectivity index (χ3v) is 7.92. The minimum Gasteiger partial charge on any atom is -0.609 e. The van der Waals surface area contributed by atoms with E-state index in [0.717, 1.165) is 42.7 Å². The summed E-state index contributed by atoms with van der Waals surface area (Å²) >= 11 is -1.27. The van der Waals surface area contributed by atoms with Crippen molar-refractivity contribution in [1.82, 2.24) is 24.9 Å². The van der Waals surface area contributed by atoms with Crippen molar-refractivity contribution in [2.24, 2.45) is 0 Å². The molecule has 1 aliphatic heterocycles. The molecule has 1 unspecified atom stereocenters. The Morgan fingerprint density at radius 3 is 2.56 bits per heavy atom. The van der Waals surface area contributed by atoms with Crippen molar-refractivity contribution in [2.45, 2.75) is 49.6 Å². The summed E-state index contributed by atoms with van der Waals surface area (Å²) in [5.41, 5.74) is 5.24. The van der Waals surface area contributed by atoms with Gasteiger partial charge in [0.05, 0.1) is 6.20 Å². The Kier molecular flexibility index (Phi) is 6.80. The maximum Gasteiger partial charge on any atom is 0.348 e. The Hall–Kier alpha value is -2.94. The number of anilines is 1. The lowest BCUT2D eigenvalue weighted by atomic mass is 10.00. The molecule has 7 nitrogen and oxygen atoms in total. The number of hydrogen-bond acceptors (Lipinski definition) is 6. The van der Waals surface area contributed by atoms with E-state index < -0.39 is 11.2 Å². The Balaban J connectivity index is 1.50. The maximum atomic E-state index is 13.4. The van der Waals surface area contributed by atoms with Crippen molar-refractivity contribution >= 4 is 22.8 Å². The Morgan fingerprint density at radius 1 is 1.06 bits per heavy atom. The summed E-state index contributed by atoms with van der Waals surface area (Å²) in [6.45, 7) is 6.55. The lowest BCUT2D eigenvalue weighted by Crippen LogP contribution is -2.36. The lowest BCUT2D eigenvalue weighted by molar-refractivity contribution is 0.492. The molecule has 4 aromatic rings. The number of rotatable bonds is 7. The highest BCUT2D eigenvalue weighted by molar-refractivity contribution is 7.91. The van der Waals surface area contributed by atoms with Crippen LogP contribution < -0.4 is 10.6 Å². The number of hydrogen-bond donors (Lipinski definition) is 2. The van der Waals surface area contributed by atoms with Gasteiger partial charge < -0.3 is 15.2 Å². The highest BCUT2D eigenvalue weighted by atomic mass is 32.2. The molecule has 0 saturated carbocycles. The summed E-state index contributed by atoms with van der Waals surface area (Å²) in [5, 5.41) is 11.8. The summed E-state index contributed by atoms with van der Waals surface area (Å²) in [7, 11) is 0. The smallest absolute Gasteiger partial charge is 0.348 e. The standard InChI is InChI=1S/C26H30N6OS/c1-18(2)23-17-29-32-24(23)30-26(34(33)21-12-14-27-15-13-21)31-25(32)28-16-20-10-6-7-11-22(20)19-8-4-3-5-9-19/h3-11,17-18,21,27H,12-16H2,1-2H3,(H,28,30,31). The summed E-state index contributed by atoms with van der Waals surface area (Å²) in [5.74, 6) is 0.816. The van der Waals surface area contributed by atoms with E-state index in [-0.39, 0.29) is 11.2 Å². The van der Waals surface area contributed by atoms with Crippen LogP contribution >= 0.6 is 0 Å². The average molecular weight is 475 g/mol. The van der Waals surface area contributed by atoms with Crippen molar-refractivity contribution in [2.75, 3.05) is 18.4 Å². The quantitative estimate of drug-likeness (QED) is 0.386. The molecule has 0 aliphatic carbocycles. The zero-order valence-electron chi connectivity index (χ0n) is 19.6. The van der Waals surface area contributed by atoms with E-state index in [9.17, 15) is 4.55 Å². The summed E-state index contributed by atoms with van der Waals surface area (Å²) in [4.78, 5) is 9.46. The molecular weight excluding hydrogens is 444 g/mol. The monoisotopic (exact) mass is 474 g/mol. The van der Waals surface area contributed by atoms with Gasteiger partial charge in [0.25, 0.3) is 0 Å². The molecule has 176 valence electrons. The first-order chi connectivity index (χ1) is 16.6. The van der Waals surface area contributed by atoms with E-state index in [1.807, 2.05) is 30.5 Å². The van der Waals surface area contributed by atoms with E-state index in [2.05, 4.69) is 59.9 Å². The highest BCUT2D eigenvalue weighted by Gasteiger charge is 2.31. The van der Waals surface area contributed by atoms with Gasteiger partial charge in [-0.05, 0) is 35.7 Å². The van der Waals surface area contributed by atoms with E-state index in [1.54, 1.807) is 4.52 Å². The molecule has 1 fully saturated rings. The molecule has 1 aliphatic rings. The third kappa shape index (κ3) is 4.66. The van der Waals surface area contributed by atoms with Crippen LogP contribution in [0.25, 0.3) is 16.8 Å². The van der Waals surface area contributed by atoms with Gasteiger partial charge in [0, 0.05) is 36.1 Å². The van der Waals surface area contributed by atoms with Crippen LogP contribution in [0.4, 0.5) is 5.95 Å². The van der Waals surface area contributed by atoms with Crippen molar-refractivity contribution in [1.29, 1.82) is 0 Å². The Labute approximate surface area is 203 Å². The molecular formula is C26H30N6OS. The van der Waals surface area contributed by atoms with Crippen LogP contribution in [-0.4, -0.2) is 42.5 Å². The minimum absolute atomic E-state index is 0.0702. The fourth-order valence-corrected chi connectivity index (χ4v) is 5.71. The van der Waals surface area contributed by atoms with E-state index in [0.29, 0.717) is 17.6 Å². The second-order valence-electron chi connectivity index (χ2n) is 8.94. The Bertz CT molecular complexity index is 1250. The van der Waals surface area contributed by atoms with Crippen LogP contribution in [0.15, 0.2) is 66.0 Å². The molecule has 1 atom stereocenters. The van der Waals surface area contributed by atoms with Gasteiger partial charge in [-0.2, -0.15) is 14.6 Å². The second kappa shape index (κ2) is 10.1. The largest absolute Gasteiger partial charge is 0.609 e. The first kappa shape index (κ1) is 22.8. The number of nitrogens with zero attached hydrogens (tertiary/aromatic N) is 4. The first-order valence-corrected chi connectivity index (χ1v) is 13.1. The minimum atomic E-state index is -1.27. The molecule has 0 bridgehead atoms. The van der Waals surface area contributed by atoms with E-state index in [1.165, 1.54) is 11.1 Å². The highest BCUT2D eigenvalue weighted by Crippen LogP contribution is 2.27. The molecule has 2 aromatic heterocycles. The fourth-order valence-electron chi connectivity index (χ4n) is 4.39. The summed E-state index contributed by atoms with van der Waals surface area (Å²) in [6.07, 6.45) is 3.57. The number of nitrogens with one attached hydrogen (secondary N) is 2. The molecule has 2 N–H and O–H groups in total. The van der Waals surface area contributed by atoms with Gasteiger partial charge in [0.15, 0.2) is 5.65 Å². The van der Waals surface area contributed by atoms with E-state index in [4.69, 9.17) is 9.97 Å². The SMILES string of the molecule is CC(C)c1cnn2c(NCc3ccccc3-c3ccccc3)nc([S+]([O-])C3CCNCC3)nc12. The molecule has 1 saturated heterocycles. The maximum absolute atomic E-state index is 13.4. The van der Waals surface area contributed by atoms with Crippen LogP contribution in [0.3, 0.4) is 0 Å². The molecule has 0 radical (unpaired) electrons. The van der Waals surface area contributed by atoms with Crippen LogP contribution in [0.1, 0.15) is 43.7 Å². The number of piperidine rings is 1. The molecule has 3 heterocycles. The topological polar surface area (TPSA) is 90.2 Å². The molecule has 8 heteroatoms. The molecule has 0 spiro atoms. The zero-order valence-corrected chi connectivity index (χ0v) is 20.4. The lowest BCUT2D eigenvalue weighted by Gasteiger charge is -2.24. The van der Waals surface area contributed by atoms with E-state index >= 15 is 0 Å². The molecule has 0 amide bonds. The van der Waals surface area contributed by atoms with Gasteiger partial charge in [-0.25, -0.2) is 0 Å². The van der Waals surface area contributed by atoms with Gasteiger partial charge in [0.1, 0.15) is 5.25 Å². The molecule has 2 aromatic carbocycles. The normalized spacial score (nSPS) is 15.6. The second-order valence-corrected chi connectivity index (χ2v) is 10.6. The van der Waals surface area contributed by atoms with Gasteiger partial charge in [-0.3, -0.25) is 0 Å². The van der Waals surface area contributed by atoms with Gasteiger partial charge >= 0.3 is 5.16 Å².